The smallest absolute Gasteiger partial charge is 0.293 e. The Morgan fingerprint density at radius 3 is 2.49 bits per heavy atom. The summed E-state index contributed by atoms with van der Waals surface area (Å²) in [6.45, 7) is 0.483. The number of non-ortho nitro benzene ring substituents is 1. The molecule has 1 aliphatic rings. The van der Waals surface area contributed by atoms with Crippen LogP contribution in [0.1, 0.15) is 16.7 Å². The van der Waals surface area contributed by atoms with Gasteiger partial charge in [0.2, 0.25) is 0 Å². The number of nitrogens with zero attached hydrogens (tertiary/aromatic N) is 2. The lowest BCUT2D eigenvalue weighted by atomic mass is 10.0. The molecule has 184 valence electrons. The van der Waals surface area contributed by atoms with E-state index in [4.69, 9.17) is 4.74 Å². The second-order valence-corrected chi connectivity index (χ2v) is 10.5. The van der Waals surface area contributed by atoms with E-state index in [-0.39, 0.29) is 30.0 Å². The molecule has 37 heavy (non-hydrogen) atoms. The van der Waals surface area contributed by atoms with E-state index in [1.54, 1.807) is 24.3 Å². The largest absolute Gasteiger partial charge is 0.488 e. The molecule has 0 radical (unpaired) electrons. The van der Waals surface area contributed by atoms with Crippen LogP contribution in [0.15, 0.2) is 89.8 Å². The number of carbonyl (C=O) groups excluding carboxylic acids is 2. The van der Waals surface area contributed by atoms with Gasteiger partial charge in [0.15, 0.2) is 0 Å². The number of hydrogen-bond donors (Lipinski definition) is 0. The monoisotopic (exact) mass is 622 g/mol. The number of nitro groups is 1. The highest BCUT2D eigenvalue weighted by molar-refractivity contribution is 14.1. The zero-order valence-corrected chi connectivity index (χ0v) is 22.3. The van der Waals surface area contributed by atoms with E-state index >= 15 is 0 Å². The van der Waals surface area contributed by atoms with Crippen LogP contribution in [0, 0.1) is 13.7 Å². The lowest BCUT2D eigenvalue weighted by Gasteiger charge is -2.14. The predicted octanol–water partition coefficient (Wildman–Crippen LogP) is 7.17. The van der Waals surface area contributed by atoms with Crippen molar-refractivity contribution in [2.75, 3.05) is 0 Å². The zero-order valence-electron chi connectivity index (χ0n) is 19.3. The summed E-state index contributed by atoms with van der Waals surface area (Å²) >= 11 is 3.09. The van der Waals surface area contributed by atoms with Crippen molar-refractivity contribution in [3.05, 3.63) is 120 Å². The first-order valence-electron chi connectivity index (χ1n) is 11.3. The van der Waals surface area contributed by atoms with Crippen molar-refractivity contribution < 1.29 is 19.2 Å². The molecule has 7 nitrogen and oxygen atoms in total. The summed E-state index contributed by atoms with van der Waals surface area (Å²) in [6.07, 6.45) is 1.72. The number of rotatable bonds is 7. The number of amides is 2. The molecule has 5 rings (SSSR count). The van der Waals surface area contributed by atoms with Crippen molar-refractivity contribution in [2.45, 2.75) is 13.2 Å². The number of imide groups is 1. The molecule has 0 unspecified atom stereocenters. The van der Waals surface area contributed by atoms with Crippen LogP contribution in [-0.2, 0) is 17.9 Å². The standard InChI is InChI=1S/C28H19IN2O5S/c29-24-14-19(10-13-25(24)36-17-18-8-11-22(12-9-18)31(34)35)15-26-27(32)30(28(33)37-26)16-21-6-3-5-20-4-1-2-7-23(20)21/h1-15H,16-17H2/b26-15+. The third-order valence-electron chi connectivity index (χ3n) is 5.88. The number of carbonyl (C=O) groups is 2. The Bertz CT molecular complexity index is 1560. The number of ether oxygens (including phenoxy) is 1. The summed E-state index contributed by atoms with van der Waals surface area (Å²) in [5.41, 5.74) is 2.54. The van der Waals surface area contributed by atoms with Crippen LogP contribution in [-0.4, -0.2) is 21.0 Å². The first kappa shape index (κ1) is 25.0. The first-order chi connectivity index (χ1) is 17.9. The molecular formula is C28H19IN2O5S. The molecule has 4 aromatic carbocycles. The molecule has 0 saturated carbocycles. The van der Waals surface area contributed by atoms with Gasteiger partial charge in [-0.25, -0.2) is 0 Å². The Labute approximate surface area is 230 Å². The highest BCUT2D eigenvalue weighted by Crippen LogP contribution is 2.35. The average Bonchev–Trinajstić information content (AvgIpc) is 3.16. The molecule has 1 heterocycles. The van der Waals surface area contributed by atoms with Gasteiger partial charge in [-0.05, 0) is 92.2 Å². The fourth-order valence-electron chi connectivity index (χ4n) is 3.99. The second-order valence-electron chi connectivity index (χ2n) is 8.31. The third kappa shape index (κ3) is 5.52. The van der Waals surface area contributed by atoms with E-state index in [0.717, 1.165) is 42.8 Å². The minimum atomic E-state index is -0.440. The van der Waals surface area contributed by atoms with Gasteiger partial charge in [0.05, 0.1) is 19.9 Å². The van der Waals surface area contributed by atoms with E-state index in [1.165, 1.54) is 17.0 Å². The second kappa shape index (κ2) is 10.7. The summed E-state index contributed by atoms with van der Waals surface area (Å²) in [6, 6.07) is 25.5. The summed E-state index contributed by atoms with van der Waals surface area (Å²) in [5, 5.41) is 12.6. The van der Waals surface area contributed by atoms with Crippen molar-refractivity contribution in [1.29, 1.82) is 0 Å². The van der Waals surface area contributed by atoms with Gasteiger partial charge in [0.25, 0.3) is 16.8 Å². The van der Waals surface area contributed by atoms with Crippen LogP contribution < -0.4 is 4.74 Å². The zero-order chi connectivity index (χ0) is 25.9. The molecule has 1 saturated heterocycles. The van der Waals surface area contributed by atoms with Gasteiger partial charge in [0.1, 0.15) is 12.4 Å². The number of halogens is 1. The van der Waals surface area contributed by atoms with Gasteiger partial charge >= 0.3 is 0 Å². The van der Waals surface area contributed by atoms with Crippen LogP contribution >= 0.6 is 34.4 Å². The van der Waals surface area contributed by atoms with Crippen molar-refractivity contribution >= 4 is 68.0 Å². The minimum absolute atomic E-state index is 0.0317. The van der Waals surface area contributed by atoms with E-state index in [1.807, 2.05) is 54.6 Å². The molecule has 9 heteroatoms. The number of fused-ring (bicyclic) bond motifs is 1. The quantitative estimate of drug-likeness (QED) is 0.0940. The van der Waals surface area contributed by atoms with E-state index < -0.39 is 4.92 Å². The molecule has 4 aromatic rings. The molecule has 1 fully saturated rings. The topological polar surface area (TPSA) is 89.7 Å². The van der Waals surface area contributed by atoms with Gasteiger partial charge in [-0.3, -0.25) is 24.6 Å². The molecule has 0 spiro atoms. The maximum atomic E-state index is 13.1. The Morgan fingerprint density at radius 2 is 1.73 bits per heavy atom. The molecule has 0 N–H and O–H groups in total. The fraction of sp³-hybridized carbons (Fsp3) is 0.0714. The maximum Gasteiger partial charge on any atom is 0.293 e. The summed E-state index contributed by atoms with van der Waals surface area (Å²) in [7, 11) is 0. The number of hydrogen-bond acceptors (Lipinski definition) is 6. The SMILES string of the molecule is O=C1S/C(=C/c2ccc(OCc3ccc([N+](=O)[O-])cc3)c(I)c2)C(=O)N1Cc1cccc2ccccc12. The Hall–Kier alpha value is -3.70. The van der Waals surface area contributed by atoms with Gasteiger partial charge in [-0.15, -0.1) is 0 Å². The molecule has 0 atom stereocenters. The summed E-state index contributed by atoms with van der Waals surface area (Å²) < 4.78 is 6.71. The Balaban J connectivity index is 1.28. The fourth-order valence-corrected chi connectivity index (χ4v) is 5.52. The van der Waals surface area contributed by atoms with E-state index in [9.17, 15) is 19.7 Å². The summed E-state index contributed by atoms with van der Waals surface area (Å²) in [5.74, 6) is 0.344. The predicted molar refractivity (Wildman–Crippen MR) is 152 cm³/mol. The molecule has 0 bridgehead atoms. The molecule has 0 aromatic heterocycles. The van der Waals surface area contributed by atoms with E-state index in [2.05, 4.69) is 22.6 Å². The normalized spacial score (nSPS) is 14.5. The van der Waals surface area contributed by atoms with Gasteiger partial charge < -0.3 is 4.74 Å². The lowest BCUT2D eigenvalue weighted by Crippen LogP contribution is -2.27. The van der Waals surface area contributed by atoms with Gasteiger partial charge in [-0.1, -0.05) is 48.5 Å². The van der Waals surface area contributed by atoms with Crippen LogP contribution in [0.4, 0.5) is 10.5 Å². The number of nitro benzene ring substituents is 1. The van der Waals surface area contributed by atoms with Crippen LogP contribution in [0.2, 0.25) is 0 Å². The maximum absolute atomic E-state index is 13.1. The highest BCUT2D eigenvalue weighted by Gasteiger charge is 2.35. The van der Waals surface area contributed by atoms with Crippen molar-refractivity contribution in [1.82, 2.24) is 4.90 Å². The van der Waals surface area contributed by atoms with E-state index in [0.29, 0.717) is 10.7 Å². The first-order valence-corrected chi connectivity index (χ1v) is 13.2. The summed E-state index contributed by atoms with van der Waals surface area (Å²) in [4.78, 5) is 37.8. The van der Waals surface area contributed by atoms with Crippen LogP contribution in [0.25, 0.3) is 16.8 Å². The van der Waals surface area contributed by atoms with Crippen molar-refractivity contribution in [3.8, 4) is 5.75 Å². The molecule has 0 aliphatic carbocycles. The van der Waals surface area contributed by atoms with Crippen molar-refractivity contribution in [2.24, 2.45) is 0 Å². The average molecular weight is 622 g/mol. The number of thioether (sulfide) groups is 1. The Kier molecular flexibility index (Phi) is 7.24. The van der Waals surface area contributed by atoms with Crippen molar-refractivity contribution in [3.63, 3.8) is 0 Å². The third-order valence-corrected chi connectivity index (χ3v) is 7.63. The highest BCUT2D eigenvalue weighted by atomic mass is 127. The van der Waals surface area contributed by atoms with Crippen LogP contribution in [0.5, 0.6) is 5.75 Å². The molecule has 2 amide bonds. The number of benzene rings is 4. The lowest BCUT2D eigenvalue weighted by molar-refractivity contribution is -0.384. The minimum Gasteiger partial charge on any atom is -0.488 e. The van der Waals surface area contributed by atoms with Crippen LogP contribution in [0.3, 0.4) is 0 Å². The molecule has 1 aliphatic heterocycles. The van der Waals surface area contributed by atoms with Gasteiger partial charge in [0, 0.05) is 12.1 Å². The Morgan fingerprint density at radius 1 is 0.973 bits per heavy atom. The van der Waals surface area contributed by atoms with Gasteiger partial charge in [-0.2, -0.15) is 0 Å². The molecular weight excluding hydrogens is 603 g/mol.